The Kier molecular flexibility index (Phi) is 4.73. The predicted octanol–water partition coefficient (Wildman–Crippen LogP) is 1.69. The highest BCUT2D eigenvalue weighted by molar-refractivity contribution is 9.10. The fourth-order valence-electron chi connectivity index (χ4n) is 3.26. The Hall–Kier alpha value is -0.460. The van der Waals surface area contributed by atoms with Gasteiger partial charge in [-0.2, -0.15) is 0 Å². The van der Waals surface area contributed by atoms with Crippen molar-refractivity contribution in [2.75, 3.05) is 19.7 Å². The number of fused-ring (bicyclic) bond motifs is 1. The number of benzene rings is 1. The largest absolute Gasteiger partial charge is 0.374 e. The first-order chi connectivity index (χ1) is 9.76. The van der Waals surface area contributed by atoms with Crippen LogP contribution in [0.2, 0.25) is 0 Å². The zero-order valence-electron chi connectivity index (χ0n) is 11.6. The minimum Gasteiger partial charge on any atom is -0.374 e. The Morgan fingerprint density at radius 1 is 1.40 bits per heavy atom. The Labute approximate surface area is 128 Å². The van der Waals surface area contributed by atoms with E-state index in [1.54, 1.807) is 0 Å². The lowest BCUT2D eigenvalue weighted by atomic mass is 10.00. The van der Waals surface area contributed by atoms with Crippen LogP contribution in [0.3, 0.4) is 0 Å². The van der Waals surface area contributed by atoms with Gasteiger partial charge < -0.3 is 4.74 Å². The van der Waals surface area contributed by atoms with Crippen LogP contribution in [0.15, 0.2) is 28.7 Å². The lowest BCUT2D eigenvalue weighted by Crippen LogP contribution is -2.56. The summed E-state index contributed by atoms with van der Waals surface area (Å²) in [6, 6.07) is 9.21. The number of hydrogen-bond acceptors (Lipinski definition) is 4. The van der Waals surface area contributed by atoms with Crippen molar-refractivity contribution in [3.8, 4) is 0 Å². The van der Waals surface area contributed by atoms with Gasteiger partial charge in [0, 0.05) is 17.1 Å². The first kappa shape index (κ1) is 14.5. The number of hydrazine groups is 1. The average Bonchev–Trinajstić information content (AvgIpc) is 2.94. The summed E-state index contributed by atoms with van der Waals surface area (Å²) in [5.74, 6) is 5.76. The van der Waals surface area contributed by atoms with E-state index in [0.717, 1.165) is 24.0 Å². The molecule has 0 aliphatic carbocycles. The van der Waals surface area contributed by atoms with Crippen molar-refractivity contribution >= 4 is 15.9 Å². The van der Waals surface area contributed by atoms with Crippen molar-refractivity contribution < 1.29 is 4.74 Å². The van der Waals surface area contributed by atoms with Crippen molar-refractivity contribution in [1.29, 1.82) is 0 Å². The summed E-state index contributed by atoms with van der Waals surface area (Å²) in [4.78, 5) is 2.56. The molecular weight excluding hydrogens is 318 g/mol. The van der Waals surface area contributed by atoms with Gasteiger partial charge in [-0.15, -0.1) is 0 Å². The molecule has 20 heavy (non-hydrogen) atoms. The van der Waals surface area contributed by atoms with Crippen LogP contribution in [-0.4, -0.2) is 42.8 Å². The fourth-order valence-corrected chi connectivity index (χ4v) is 3.52. The molecule has 0 saturated carbocycles. The summed E-state index contributed by atoms with van der Waals surface area (Å²) < 4.78 is 7.15. The van der Waals surface area contributed by atoms with Crippen LogP contribution < -0.4 is 11.3 Å². The second-order valence-electron chi connectivity index (χ2n) is 5.77. The molecular formula is C15H22BrN3O. The third-order valence-electron chi connectivity index (χ3n) is 4.45. The topological polar surface area (TPSA) is 50.5 Å². The van der Waals surface area contributed by atoms with Gasteiger partial charge in [0.25, 0.3) is 0 Å². The van der Waals surface area contributed by atoms with E-state index in [2.05, 4.69) is 50.5 Å². The maximum atomic E-state index is 6.05. The average molecular weight is 340 g/mol. The number of ether oxygens (including phenoxy) is 1. The molecule has 0 radical (unpaired) electrons. The van der Waals surface area contributed by atoms with Crippen LogP contribution in [0.1, 0.15) is 18.4 Å². The standard InChI is InChI=1S/C15H22BrN3O/c16-12-5-3-11(4-6-12)8-14(18-17)15-9-19-7-1-2-13(19)10-20-15/h3-6,13-15,18H,1-2,7-10,17H2. The molecule has 110 valence electrons. The van der Waals surface area contributed by atoms with Gasteiger partial charge in [0.15, 0.2) is 0 Å². The first-order valence-corrected chi connectivity index (χ1v) is 8.12. The number of rotatable bonds is 4. The molecule has 0 bridgehead atoms. The SMILES string of the molecule is NNC(Cc1ccc(Br)cc1)C1CN2CCCC2CO1. The van der Waals surface area contributed by atoms with E-state index < -0.39 is 0 Å². The maximum Gasteiger partial charge on any atom is 0.0872 e. The Balaban J connectivity index is 1.62. The van der Waals surface area contributed by atoms with E-state index in [0.29, 0.717) is 6.04 Å². The van der Waals surface area contributed by atoms with Gasteiger partial charge in [-0.05, 0) is 43.5 Å². The third kappa shape index (κ3) is 3.23. The zero-order chi connectivity index (χ0) is 13.9. The molecule has 3 rings (SSSR count). The molecule has 2 saturated heterocycles. The molecule has 2 heterocycles. The molecule has 5 heteroatoms. The normalized spacial score (nSPS) is 28.3. The number of hydrogen-bond donors (Lipinski definition) is 2. The second-order valence-corrected chi connectivity index (χ2v) is 6.68. The molecule has 3 atom stereocenters. The lowest BCUT2D eigenvalue weighted by Gasteiger charge is -2.38. The smallest absolute Gasteiger partial charge is 0.0872 e. The van der Waals surface area contributed by atoms with Gasteiger partial charge in [0.1, 0.15) is 0 Å². The van der Waals surface area contributed by atoms with Crippen molar-refractivity contribution in [2.45, 2.75) is 37.5 Å². The van der Waals surface area contributed by atoms with E-state index in [1.807, 2.05) is 0 Å². The molecule has 4 nitrogen and oxygen atoms in total. The number of morpholine rings is 1. The molecule has 3 unspecified atom stereocenters. The van der Waals surface area contributed by atoms with Gasteiger partial charge in [0.2, 0.25) is 0 Å². The molecule has 0 spiro atoms. The Morgan fingerprint density at radius 2 is 2.20 bits per heavy atom. The fraction of sp³-hybridized carbons (Fsp3) is 0.600. The highest BCUT2D eigenvalue weighted by atomic mass is 79.9. The number of halogens is 1. The minimum atomic E-state index is 0.165. The van der Waals surface area contributed by atoms with Crippen molar-refractivity contribution in [2.24, 2.45) is 5.84 Å². The van der Waals surface area contributed by atoms with E-state index in [4.69, 9.17) is 10.6 Å². The first-order valence-electron chi connectivity index (χ1n) is 7.32. The second kappa shape index (κ2) is 6.54. The van der Waals surface area contributed by atoms with Crippen LogP contribution in [-0.2, 0) is 11.2 Å². The van der Waals surface area contributed by atoms with Gasteiger partial charge in [0.05, 0.1) is 18.8 Å². The molecule has 2 aliphatic rings. The summed E-state index contributed by atoms with van der Waals surface area (Å²) in [5.41, 5.74) is 4.23. The predicted molar refractivity (Wildman–Crippen MR) is 83.3 cm³/mol. The summed E-state index contributed by atoms with van der Waals surface area (Å²) in [6.07, 6.45) is 3.65. The highest BCUT2D eigenvalue weighted by Gasteiger charge is 2.35. The minimum absolute atomic E-state index is 0.165. The number of nitrogens with one attached hydrogen (secondary N) is 1. The maximum absolute atomic E-state index is 6.05. The van der Waals surface area contributed by atoms with Crippen molar-refractivity contribution in [3.05, 3.63) is 34.3 Å². The van der Waals surface area contributed by atoms with Gasteiger partial charge >= 0.3 is 0 Å². The van der Waals surface area contributed by atoms with Crippen LogP contribution in [0, 0.1) is 0 Å². The monoisotopic (exact) mass is 339 g/mol. The molecule has 1 aromatic rings. The molecule has 2 aliphatic heterocycles. The van der Waals surface area contributed by atoms with Crippen molar-refractivity contribution in [3.63, 3.8) is 0 Å². The van der Waals surface area contributed by atoms with Crippen LogP contribution >= 0.6 is 15.9 Å². The molecule has 1 aromatic carbocycles. The van der Waals surface area contributed by atoms with Gasteiger partial charge in [-0.1, -0.05) is 28.1 Å². The summed E-state index contributed by atoms with van der Waals surface area (Å²) in [7, 11) is 0. The van der Waals surface area contributed by atoms with E-state index >= 15 is 0 Å². The molecule has 0 aromatic heterocycles. The van der Waals surface area contributed by atoms with Gasteiger partial charge in [-0.3, -0.25) is 16.2 Å². The van der Waals surface area contributed by atoms with Crippen molar-refractivity contribution in [1.82, 2.24) is 10.3 Å². The summed E-state index contributed by atoms with van der Waals surface area (Å²) in [5, 5.41) is 0. The molecule has 2 fully saturated rings. The van der Waals surface area contributed by atoms with Crippen LogP contribution in [0.4, 0.5) is 0 Å². The van der Waals surface area contributed by atoms with Crippen LogP contribution in [0.5, 0.6) is 0 Å². The number of nitrogens with zero attached hydrogens (tertiary/aromatic N) is 1. The van der Waals surface area contributed by atoms with Crippen LogP contribution in [0.25, 0.3) is 0 Å². The Morgan fingerprint density at radius 3 is 2.95 bits per heavy atom. The van der Waals surface area contributed by atoms with E-state index in [1.165, 1.54) is 24.9 Å². The van der Waals surface area contributed by atoms with E-state index in [9.17, 15) is 0 Å². The molecule has 0 amide bonds. The third-order valence-corrected chi connectivity index (χ3v) is 4.98. The lowest BCUT2D eigenvalue weighted by molar-refractivity contribution is -0.0644. The molecule has 3 N–H and O–H groups in total. The summed E-state index contributed by atoms with van der Waals surface area (Å²) in [6.45, 7) is 3.05. The Bertz CT molecular complexity index is 439. The van der Waals surface area contributed by atoms with Gasteiger partial charge in [-0.25, -0.2) is 0 Å². The van der Waals surface area contributed by atoms with E-state index in [-0.39, 0.29) is 12.1 Å². The number of nitrogens with two attached hydrogens (primary N) is 1. The highest BCUT2D eigenvalue weighted by Crippen LogP contribution is 2.24. The summed E-state index contributed by atoms with van der Waals surface area (Å²) >= 11 is 3.46. The zero-order valence-corrected chi connectivity index (χ0v) is 13.2. The quantitative estimate of drug-likeness (QED) is 0.647.